The molecule has 6 heteroatoms. The van der Waals surface area contributed by atoms with Crippen molar-refractivity contribution in [3.63, 3.8) is 0 Å². The Morgan fingerprint density at radius 3 is 2.50 bits per heavy atom. The lowest BCUT2D eigenvalue weighted by molar-refractivity contribution is -0.120. The zero-order chi connectivity index (χ0) is 15.0. The van der Waals surface area contributed by atoms with Crippen molar-refractivity contribution in [1.82, 2.24) is 5.32 Å². The molecule has 0 aliphatic rings. The Morgan fingerprint density at radius 2 is 1.95 bits per heavy atom. The fourth-order valence-corrected chi connectivity index (χ4v) is 2.08. The van der Waals surface area contributed by atoms with E-state index in [0.717, 1.165) is 11.3 Å². The van der Waals surface area contributed by atoms with E-state index in [9.17, 15) is 9.59 Å². The number of hydrogen-bond donors (Lipinski definition) is 3. The summed E-state index contributed by atoms with van der Waals surface area (Å²) in [6.45, 7) is 0. The molecule has 0 aliphatic heterocycles. The van der Waals surface area contributed by atoms with Gasteiger partial charge in [0, 0.05) is 12.7 Å². The molecule has 0 heterocycles. The van der Waals surface area contributed by atoms with Gasteiger partial charge >= 0.3 is 0 Å². The predicted octanol–water partition coefficient (Wildman–Crippen LogP) is 0.994. The molecule has 0 fully saturated rings. The Labute approximate surface area is 123 Å². The maximum Gasteiger partial charge on any atom is 0.241 e. The Morgan fingerprint density at radius 1 is 1.30 bits per heavy atom. The highest BCUT2D eigenvalue weighted by Gasteiger charge is 2.12. The SMILES string of the molecule is CNC(=O)Cc1ccc(NC(=O)[C@H](N)CCSC)cc1. The minimum atomic E-state index is -0.493. The zero-order valence-corrected chi connectivity index (χ0v) is 12.6. The lowest BCUT2D eigenvalue weighted by atomic mass is 10.1. The first-order valence-electron chi connectivity index (χ1n) is 6.41. The van der Waals surface area contributed by atoms with Gasteiger partial charge < -0.3 is 16.4 Å². The number of nitrogens with one attached hydrogen (secondary N) is 2. The number of thioether (sulfide) groups is 1. The number of hydrogen-bond acceptors (Lipinski definition) is 4. The Kier molecular flexibility index (Phi) is 7.11. The largest absolute Gasteiger partial charge is 0.359 e. The van der Waals surface area contributed by atoms with E-state index in [1.807, 2.05) is 18.4 Å². The second-order valence-corrected chi connectivity index (χ2v) is 5.41. The Hall–Kier alpha value is -1.53. The van der Waals surface area contributed by atoms with Crippen LogP contribution < -0.4 is 16.4 Å². The van der Waals surface area contributed by atoms with Crippen molar-refractivity contribution in [3.05, 3.63) is 29.8 Å². The van der Waals surface area contributed by atoms with E-state index in [1.54, 1.807) is 30.9 Å². The number of carbonyl (C=O) groups excluding carboxylic acids is 2. The number of benzene rings is 1. The molecule has 5 nitrogen and oxygen atoms in total. The summed E-state index contributed by atoms with van der Waals surface area (Å²) in [4.78, 5) is 23.1. The molecule has 0 bridgehead atoms. The van der Waals surface area contributed by atoms with Gasteiger partial charge in [0.15, 0.2) is 0 Å². The Balaban J connectivity index is 2.52. The minimum absolute atomic E-state index is 0.0409. The molecule has 110 valence electrons. The van der Waals surface area contributed by atoms with Crippen molar-refractivity contribution in [2.24, 2.45) is 5.73 Å². The van der Waals surface area contributed by atoms with Gasteiger partial charge in [-0.3, -0.25) is 9.59 Å². The highest BCUT2D eigenvalue weighted by molar-refractivity contribution is 7.98. The van der Waals surface area contributed by atoms with Gasteiger partial charge in [0.2, 0.25) is 11.8 Å². The highest BCUT2D eigenvalue weighted by atomic mass is 32.2. The van der Waals surface area contributed by atoms with Gasteiger partial charge in [-0.05, 0) is 36.1 Å². The van der Waals surface area contributed by atoms with Gasteiger partial charge in [-0.1, -0.05) is 12.1 Å². The molecule has 1 aromatic carbocycles. The third-order valence-electron chi connectivity index (χ3n) is 2.83. The van der Waals surface area contributed by atoms with E-state index in [-0.39, 0.29) is 11.8 Å². The molecule has 0 unspecified atom stereocenters. The number of nitrogens with two attached hydrogens (primary N) is 1. The molecule has 1 aromatic rings. The van der Waals surface area contributed by atoms with Crippen molar-refractivity contribution in [2.45, 2.75) is 18.9 Å². The van der Waals surface area contributed by atoms with Gasteiger partial charge in [-0.25, -0.2) is 0 Å². The molecule has 2 amide bonds. The summed E-state index contributed by atoms with van der Waals surface area (Å²) in [6, 6.07) is 6.69. The van der Waals surface area contributed by atoms with Crippen LogP contribution in [-0.4, -0.2) is 36.9 Å². The second kappa shape index (κ2) is 8.60. The van der Waals surface area contributed by atoms with Crippen molar-refractivity contribution in [3.8, 4) is 0 Å². The molecule has 0 saturated heterocycles. The first-order chi connectivity index (χ1) is 9.56. The average molecular weight is 295 g/mol. The standard InChI is InChI=1S/C14H21N3O2S/c1-16-13(18)9-10-3-5-11(6-4-10)17-14(19)12(15)7-8-20-2/h3-6,12H,7-9,15H2,1-2H3,(H,16,18)(H,17,19)/t12-/m1/s1. The molecule has 0 radical (unpaired) electrons. The van der Waals surface area contributed by atoms with Crippen molar-refractivity contribution < 1.29 is 9.59 Å². The van der Waals surface area contributed by atoms with Crippen LogP contribution in [0.2, 0.25) is 0 Å². The summed E-state index contributed by atoms with van der Waals surface area (Å²) in [7, 11) is 1.60. The van der Waals surface area contributed by atoms with Gasteiger partial charge in [0.1, 0.15) is 0 Å². The predicted molar refractivity (Wildman–Crippen MR) is 83.8 cm³/mol. The van der Waals surface area contributed by atoms with E-state index < -0.39 is 6.04 Å². The molecular weight excluding hydrogens is 274 g/mol. The molecule has 1 rings (SSSR count). The molecule has 4 N–H and O–H groups in total. The summed E-state index contributed by atoms with van der Waals surface area (Å²) < 4.78 is 0. The fourth-order valence-electron chi connectivity index (χ4n) is 1.59. The van der Waals surface area contributed by atoms with Crippen LogP contribution in [-0.2, 0) is 16.0 Å². The topological polar surface area (TPSA) is 84.2 Å². The molecule has 20 heavy (non-hydrogen) atoms. The van der Waals surface area contributed by atoms with Crippen LogP contribution >= 0.6 is 11.8 Å². The van der Waals surface area contributed by atoms with E-state index in [1.165, 1.54) is 0 Å². The monoisotopic (exact) mass is 295 g/mol. The maximum atomic E-state index is 11.8. The van der Waals surface area contributed by atoms with Crippen LogP contribution in [0.25, 0.3) is 0 Å². The van der Waals surface area contributed by atoms with Crippen LogP contribution in [0, 0.1) is 0 Å². The number of likely N-dealkylation sites (N-methyl/N-ethyl adjacent to an activating group) is 1. The van der Waals surface area contributed by atoms with Gasteiger partial charge in [-0.15, -0.1) is 0 Å². The molecular formula is C14H21N3O2S. The normalized spacial score (nSPS) is 11.8. The number of rotatable bonds is 7. The number of amides is 2. The summed E-state index contributed by atoms with van der Waals surface area (Å²) in [5.41, 5.74) is 7.37. The summed E-state index contributed by atoms with van der Waals surface area (Å²) in [5, 5.41) is 5.34. The van der Waals surface area contributed by atoms with E-state index in [4.69, 9.17) is 5.73 Å². The van der Waals surface area contributed by atoms with Crippen molar-refractivity contribution in [1.29, 1.82) is 0 Å². The van der Waals surface area contributed by atoms with Crippen molar-refractivity contribution >= 4 is 29.3 Å². The first-order valence-corrected chi connectivity index (χ1v) is 7.81. The van der Waals surface area contributed by atoms with Gasteiger partial charge in [-0.2, -0.15) is 11.8 Å². The number of anilines is 1. The molecule has 0 aromatic heterocycles. The molecule has 1 atom stereocenters. The van der Waals surface area contributed by atoms with Crippen LogP contribution in [0.4, 0.5) is 5.69 Å². The van der Waals surface area contributed by atoms with Crippen LogP contribution in [0.1, 0.15) is 12.0 Å². The second-order valence-electron chi connectivity index (χ2n) is 4.42. The smallest absolute Gasteiger partial charge is 0.241 e. The van der Waals surface area contributed by atoms with E-state index >= 15 is 0 Å². The molecule has 0 aliphatic carbocycles. The lowest BCUT2D eigenvalue weighted by Gasteiger charge is -2.12. The fraction of sp³-hybridized carbons (Fsp3) is 0.429. The minimum Gasteiger partial charge on any atom is -0.359 e. The third-order valence-corrected chi connectivity index (χ3v) is 3.48. The van der Waals surface area contributed by atoms with Gasteiger partial charge in [0.25, 0.3) is 0 Å². The first kappa shape index (κ1) is 16.5. The lowest BCUT2D eigenvalue weighted by Crippen LogP contribution is -2.36. The summed E-state index contributed by atoms with van der Waals surface area (Å²) in [5.74, 6) is 0.638. The molecule has 0 saturated carbocycles. The van der Waals surface area contributed by atoms with Gasteiger partial charge in [0.05, 0.1) is 12.5 Å². The van der Waals surface area contributed by atoms with Crippen LogP contribution in [0.15, 0.2) is 24.3 Å². The summed E-state index contributed by atoms with van der Waals surface area (Å²) in [6.07, 6.45) is 2.97. The third kappa shape index (κ3) is 5.63. The quantitative estimate of drug-likeness (QED) is 0.700. The maximum absolute atomic E-state index is 11.8. The average Bonchev–Trinajstić information content (AvgIpc) is 2.46. The highest BCUT2D eigenvalue weighted by Crippen LogP contribution is 2.11. The van der Waals surface area contributed by atoms with Crippen LogP contribution in [0.3, 0.4) is 0 Å². The summed E-state index contributed by atoms with van der Waals surface area (Å²) >= 11 is 1.67. The van der Waals surface area contributed by atoms with Crippen molar-refractivity contribution in [2.75, 3.05) is 24.4 Å². The number of carbonyl (C=O) groups is 2. The zero-order valence-electron chi connectivity index (χ0n) is 11.8. The Bertz CT molecular complexity index is 448. The van der Waals surface area contributed by atoms with E-state index in [2.05, 4.69) is 10.6 Å². The molecule has 0 spiro atoms. The van der Waals surface area contributed by atoms with E-state index in [0.29, 0.717) is 18.5 Å². The van der Waals surface area contributed by atoms with Crippen LogP contribution in [0.5, 0.6) is 0 Å².